The number of hydrogen-bond donors (Lipinski definition) is 2. The summed E-state index contributed by atoms with van der Waals surface area (Å²) in [4.78, 5) is 22.9. The zero-order valence-electron chi connectivity index (χ0n) is 27.0. The van der Waals surface area contributed by atoms with Crippen LogP contribution in [-0.4, -0.2) is 35.7 Å². The molecule has 2 atom stereocenters. The first-order chi connectivity index (χ1) is 24.1. The van der Waals surface area contributed by atoms with E-state index in [1.807, 2.05) is 115 Å². The van der Waals surface area contributed by atoms with Crippen molar-refractivity contribution in [1.82, 2.24) is 5.32 Å². The summed E-state index contributed by atoms with van der Waals surface area (Å²) in [7, 11) is 0. The third-order valence-electron chi connectivity index (χ3n) is 8.53. The number of carbonyl (C=O) groups is 1. The van der Waals surface area contributed by atoms with Gasteiger partial charge in [0.1, 0.15) is 5.75 Å². The number of ether oxygens (including phenoxy) is 2. The van der Waals surface area contributed by atoms with E-state index in [1.54, 1.807) is 0 Å². The van der Waals surface area contributed by atoms with E-state index in [4.69, 9.17) is 25.1 Å². The minimum Gasteiger partial charge on any atom is -0.494 e. The molecule has 1 heterocycles. The SMILES string of the molecule is [N-]=[N+]=NCc1ccccc1[C@H]1OC(c2ccc(OCCCO)cc2)=N[C@@]1(C/C=C/c1ccccc1)C(=O)NCc1cccc2ccccc12. The number of fused-ring (bicyclic) bond motifs is 1. The zero-order valence-corrected chi connectivity index (χ0v) is 27.0. The highest BCUT2D eigenvalue weighted by molar-refractivity contribution is 6.01. The molecule has 0 radical (unpaired) electrons. The van der Waals surface area contributed by atoms with Crippen LogP contribution in [0.4, 0.5) is 0 Å². The van der Waals surface area contributed by atoms with Crippen molar-refractivity contribution in [2.75, 3.05) is 13.2 Å². The van der Waals surface area contributed by atoms with Crippen molar-refractivity contribution in [3.63, 3.8) is 0 Å². The Morgan fingerprint density at radius 2 is 1.67 bits per heavy atom. The van der Waals surface area contributed by atoms with E-state index in [0.29, 0.717) is 42.3 Å². The summed E-state index contributed by atoms with van der Waals surface area (Å²) in [6, 6.07) is 38.9. The van der Waals surface area contributed by atoms with Crippen molar-refractivity contribution in [3.05, 3.63) is 166 Å². The van der Waals surface area contributed by atoms with Gasteiger partial charge in [-0.1, -0.05) is 114 Å². The lowest BCUT2D eigenvalue weighted by atomic mass is 9.82. The van der Waals surface area contributed by atoms with Crippen molar-refractivity contribution < 1.29 is 19.4 Å². The second-order valence-electron chi connectivity index (χ2n) is 11.7. The van der Waals surface area contributed by atoms with Gasteiger partial charge in [0.05, 0.1) is 13.2 Å². The highest BCUT2D eigenvalue weighted by Gasteiger charge is 2.53. The molecule has 5 aromatic carbocycles. The van der Waals surface area contributed by atoms with Gasteiger partial charge >= 0.3 is 0 Å². The Bertz CT molecular complexity index is 2000. The van der Waals surface area contributed by atoms with E-state index in [-0.39, 0.29) is 25.5 Å². The third kappa shape index (κ3) is 7.65. The molecule has 5 aromatic rings. The second-order valence-corrected chi connectivity index (χ2v) is 11.7. The topological polar surface area (TPSA) is 129 Å². The summed E-state index contributed by atoms with van der Waals surface area (Å²) >= 11 is 0. The van der Waals surface area contributed by atoms with Gasteiger partial charge in [0.15, 0.2) is 11.6 Å². The van der Waals surface area contributed by atoms with Crippen molar-refractivity contribution >= 4 is 28.7 Å². The number of aliphatic hydroxyl groups is 1. The molecular weight excluding hydrogens is 614 g/mol. The summed E-state index contributed by atoms with van der Waals surface area (Å²) in [5.41, 5.74) is 11.9. The van der Waals surface area contributed by atoms with Crippen LogP contribution < -0.4 is 10.1 Å². The second kappa shape index (κ2) is 15.8. The van der Waals surface area contributed by atoms with Crippen LogP contribution in [0.25, 0.3) is 27.3 Å². The molecule has 0 unspecified atom stereocenters. The lowest BCUT2D eigenvalue weighted by Gasteiger charge is -2.31. The van der Waals surface area contributed by atoms with Gasteiger partial charge in [-0.05, 0) is 62.8 Å². The Labute approximate surface area is 285 Å². The lowest BCUT2D eigenvalue weighted by molar-refractivity contribution is -0.129. The van der Waals surface area contributed by atoms with E-state index in [2.05, 4.69) is 33.5 Å². The third-order valence-corrected chi connectivity index (χ3v) is 8.53. The number of hydrogen-bond acceptors (Lipinski definition) is 6. The van der Waals surface area contributed by atoms with E-state index < -0.39 is 11.6 Å². The van der Waals surface area contributed by atoms with Gasteiger partial charge in [-0.15, -0.1) is 0 Å². The molecule has 0 aromatic heterocycles. The number of nitrogens with one attached hydrogen (secondary N) is 1. The molecule has 9 nitrogen and oxygen atoms in total. The maximum Gasteiger partial charge on any atom is 0.252 e. The highest BCUT2D eigenvalue weighted by Crippen LogP contribution is 2.44. The van der Waals surface area contributed by atoms with Crippen molar-refractivity contribution in [2.24, 2.45) is 10.1 Å². The molecule has 0 bridgehead atoms. The van der Waals surface area contributed by atoms with Crippen LogP contribution in [0.5, 0.6) is 5.75 Å². The molecule has 0 fully saturated rings. The van der Waals surface area contributed by atoms with Gasteiger partial charge in [0.2, 0.25) is 5.90 Å². The number of benzene rings is 5. The van der Waals surface area contributed by atoms with Gasteiger partial charge in [-0.25, -0.2) is 4.99 Å². The Hall–Kier alpha value is -5.89. The molecule has 1 amide bonds. The van der Waals surface area contributed by atoms with Crippen molar-refractivity contribution in [2.45, 2.75) is 37.6 Å². The van der Waals surface area contributed by atoms with Crippen molar-refractivity contribution in [3.8, 4) is 5.75 Å². The Morgan fingerprint density at radius 3 is 2.49 bits per heavy atom. The normalized spacial score (nSPS) is 16.9. The molecule has 0 aliphatic carbocycles. The summed E-state index contributed by atoms with van der Waals surface area (Å²) in [5, 5.41) is 18.3. The predicted octanol–water partition coefficient (Wildman–Crippen LogP) is 8.09. The monoisotopic (exact) mass is 651 g/mol. The van der Waals surface area contributed by atoms with E-state index in [9.17, 15) is 4.79 Å². The molecule has 1 aliphatic heterocycles. The first-order valence-electron chi connectivity index (χ1n) is 16.3. The Kier molecular flexibility index (Phi) is 10.7. The number of nitrogens with zero attached hydrogens (tertiary/aromatic N) is 4. The van der Waals surface area contributed by atoms with E-state index >= 15 is 0 Å². The van der Waals surface area contributed by atoms with Gasteiger partial charge < -0.3 is 19.9 Å². The fourth-order valence-electron chi connectivity index (χ4n) is 6.05. The Morgan fingerprint density at radius 1 is 0.939 bits per heavy atom. The van der Waals surface area contributed by atoms with Crippen LogP contribution in [0.2, 0.25) is 0 Å². The number of amides is 1. The molecule has 2 N–H and O–H groups in total. The lowest BCUT2D eigenvalue weighted by Crippen LogP contribution is -2.48. The minimum absolute atomic E-state index is 0.0502. The average molecular weight is 652 g/mol. The molecule has 9 heteroatoms. The van der Waals surface area contributed by atoms with Gasteiger partial charge in [-0.3, -0.25) is 4.79 Å². The maximum absolute atomic E-state index is 14.8. The van der Waals surface area contributed by atoms with Crippen LogP contribution in [0, 0.1) is 0 Å². The predicted molar refractivity (Wildman–Crippen MR) is 192 cm³/mol. The molecule has 0 saturated carbocycles. The molecule has 1 aliphatic rings. The van der Waals surface area contributed by atoms with Gasteiger partial charge in [-0.2, -0.15) is 0 Å². The standard InChI is InChI=1S/C40H37N5O4/c41-45-43-28-33-15-5-7-19-36(33)37-40(24-9-13-29-11-2-1-3-12-29,39(47)42-27-32-17-8-16-30-14-4-6-18-35(30)32)44-38(49-37)31-20-22-34(23-21-31)48-26-10-25-46/h1-9,11-23,37,46H,10,24-28H2,(H,42,47)/b13-9+/t37-,40-/m1/s1. The average Bonchev–Trinajstić information content (AvgIpc) is 3.54. The fraction of sp³-hybridized carbons (Fsp3) is 0.200. The van der Waals surface area contributed by atoms with Crippen LogP contribution in [0.1, 0.15) is 46.8 Å². The number of azide groups is 1. The Balaban J connectivity index is 1.42. The maximum atomic E-state index is 14.8. The first kappa shape index (κ1) is 33.0. The van der Waals surface area contributed by atoms with Crippen LogP contribution in [0.15, 0.2) is 138 Å². The van der Waals surface area contributed by atoms with Gasteiger partial charge in [0, 0.05) is 36.5 Å². The summed E-state index contributed by atoms with van der Waals surface area (Å²) in [6.45, 7) is 0.831. The molecule has 0 spiro atoms. The van der Waals surface area contributed by atoms with Crippen LogP contribution in [-0.2, 0) is 22.6 Å². The quantitative estimate of drug-likeness (QED) is 0.0544. The van der Waals surface area contributed by atoms with E-state index in [0.717, 1.165) is 27.5 Å². The highest BCUT2D eigenvalue weighted by atomic mass is 16.5. The molecule has 0 saturated heterocycles. The molecule has 49 heavy (non-hydrogen) atoms. The molecule has 246 valence electrons. The number of aliphatic hydroxyl groups excluding tert-OH is 1. The number of carbonyl (C=O) groups excluding carboxylic acids is 1. The fourth-order valence-corrected chi connectivity index (χ4v) is 6.05. The molecular formula is C40H37N5O4. The number of rotatable bonds is 14. The summed E-state index contributed by atoms with van der Waals surface area (Å²) in [5.74, 6) is 0.677. The van der Waals surface area contributed by atoms with E-state index in [1.165, 1.54) is 0 Å². The first-order valence-corrected chi connectivity index (χ1v) is 16.3. The molecule has 6 rings (SSSR count). The van der Waals surface area contributed by atoms with Crippen molar-refractivity contribution in [1.29, 1.82) is 0 Å². The summed E-state index contributed by atoms with van der Waals surface area (Å²) in [6.07, 6.45) is 3.87. The zero-order chi connectivity index (χ0) is 33.9. The smallest absolute Gasteiger partial charge is 0.252 e. The van der Waals surface area contributed by atoms with Crippen LogP contribution in [0.3, 0.4) is 0 Å². The summed E-state index contributed by atoms with van der Waals surface area (Å²) < 4.78 is 12.4. The van der Waals surface area contributed by atoms with Gasteiger partial charge in [0.25, 0.3) is 5.91 Å². The number of aliphatic imine (C=N–C) groups is 1. The minimum atomic E-state index is -1.41. The largest absolute Gasteiger partial charge is 0.494 e. The van der Waals surface area contributed by atoms with Crippen LogP contribution >= 0.6 is 0 Å².